The first kappa shape index (κ1) is 12.4. The predicted octanol–water partition coefficient (Wildman–Crippen LogP) is 3.70. The minimum atomic E-state index is -3.13. The molecule has 4 heteroatoms. The summed E-state index contributed by atoms with van der Waals surface area (Å²) in [6.45, 7) is 0. The second-order valence-electron chi connectivity index (χ2n) is 4.09. The van der Waals surface area contributed by atoms with E-state index in [-0.39, 0.29) is 5.92 Å². The number of aliphatic hydroxyl groups is 1. The molecule has 0 amide bonds. The molecule has 0 saturated heterocycles. The van der Waals surface area contributed by atoms with Gasteiger partial charge in [0, 0.05) is 0 Å². The molecule has 1 rings (SSSR count). The Morgan fingerprint density at radius 2 is 1.50 bits per heavy atom. The highest BCUT2D eigenvalue weighted by Crippen LogP contribution is 2.35. The van der Waals surface area contributed by atoms with Crippen molar-refractivity contribution in [3.63, 3.8) is 0 Å². The summed E-state index contributed by atoms with van der Waals surface area (Å²) in [4.78, 5) is -3.13. The monoisotopic (exact) mass is 270 g/mol. The molecule has 1 aliphatic rings. The van der Waals surface area contributed by atoms with Gasteiger partial charge in [-0.1, -0.05) is 32.1 Å². The molecule has 14 heavy (non-hydrogen) atoms. The lowest BCUT2D eigenvalue weighted by molar-refractivity contribution is -0.0645. The van der Waals surface area contributed by atoms with Crippen molar-refractivity contribution >= 4 is 15.9 Å². The summed E-state index contributed by atoms with van der Waals surface area (Å²) in [5.41, 5.74) is 0. The van der Waals surface area contributed by atoms with Gasteiger partial charge in [-0.25, -0.2) is 0 Å². The summed E-state index contributed by atoms with van der Waals surface area (Å²) in [5, 5.41) is 9.43. The van der Waals surface area contributed by atoms with Crippen LogP contribution in [0.25, 0.3) is 0 Å². The van der Waals surface area contributed by atoms with Gasteiger partial charge in [0.25, 0.3) is 0 Å². The molecular formula is C10H17BrF2O. The lowest BCUT2D eigenvalue weighted by Gasteiger charge is -2.27. The standard InChI is InChI=1S/C10H17BrF2O/c11-10(12,13)9(14)8-6-4-2-1-3-5-7-8/h8-9,14H,1-7H2. The van der Waals surface area contributed by atoms with Gasteiger partial charge < -0.3 is 5.11 Å². The van der Waals surface area contributed by atoms with Crippen LogP contribution in [0.4, 0.5) is 8.78 Å². The SMILES string of the molecule is OC(C1CCCCCCC1)C(F)(F)Br. The van der Waals surface area contributed by atoms with Crippen molar-refractivity contribution in [2.24, 2.45) is 5.92 Å². The van der Waals surface area contributed by atoms with Gasteiger partial charge in [-0.3, -0.25) is 0 Å². The van der Waals surface area contributed by atoms with E-state index in [9.17, 15) is 13.9 Å². The van der Waals surface area contributed by atoms with Gasteiger partial charge in [-0.05, 0) is 34.7 Å². The quantitative estimate of drug-likeness (QED) is 0.759. The van der Waals surface area contributed by atoms with Gasteiger partial charge in [0.1, 0.15) is 6.10 Å². The van der Waals surface area contributed by atoms with E-state index >= 15 is 0 Å². The Balaban J connectivity index is 2.47. The molecule has 0 heterocycles. The average molecular weight is 271 g/mol. The third-order valence-electron chi connectivity index (χ3n) is 2.93. The molecule has 84 valence electrons. The van der Waals surface area contributed by atoms with Crippen LogP contribution in [-0.4, -0.2) is 16.0 Å². The molecule has 1 N–H and O–H groups in total. The van der Waals surface area contributed by atoms with Crippen molar-refractivity contribution in [1.29, 1.82) is 0 Å². The topological polar surface area (TPSA) is 20.2 Å². The van der Waals surface area contributed by atoms with Gasteiger partial charge in [0.2, 0.25) is 0 Å². The van der Waals surface area contributed by atoms with Crippen molar-refractivity contribution in [2.75, 3.05) is 0 Å². The molecule has 1 atom stereocenters. The Hall–Kier alpha value is 0.300. The molecular weight excluding hydrogens is 254 g/mol. The van der Waals surface area contributed by atoms with Crippen molar-refractivity contribution < 1.29 is 13.9 Å². The van der Waals surface area contributed by atoms with E-state index in [1.165, 1.54) is 6.42 Å². The molecule has 0 aromatic carbocycles. The third kappa shape index (κ3) is 3.81. The molecule has 1 saturated carbocycles. The Labute approximate surface area is 92.0 Å². The van der Waals surface area contributed by atoms with Crippen molar-refractivity contribution in [3.8, 4) is 0 Å². The van der Waals surface area contributed by atoms with Crippen molar-refractivity contribution in [2.45, 2.75) is 55.9 Å². The van der Waals surface area contributed by atoms with Crippen LogP contribution in [0.3, 0.4) is 0 Å². The van der Waals surface area contributed by atoms with E-state index in [0.717, 1.165) is 38.5 Å². The lowest BCUT2D eigenvalue weighted by atomic mass is 9.87. The summed E-state index contributed by atoms with van der Waals surface area (Å²) < 4.78 is 25.6. The lowest BCUT2D eigenvalue weighted by Crippen LogP contribution is -2.35. The second kappa shape index (κ2) is 5.40. The molecule has 0 aliphatic heterocycles. The fourth-order valence-corrected chi connectivity index (χ4v) is 2.44. The highest BCUT2D eigenvalue weighted by molar-refractivity contribution is 9.10. The van der Waals surface area contributed by atoms with Crippen LogP contribution in [-0.2, 0) is 0 Å². The third-order valence-corrected chi connectivity index (χ3v) is 3.40. The van der Waals surface area contributed by atoms with Crippen LogP contribution in [0.15, 0.2) is 0 Å². The summed E-state index contributed by atoms with van der Waals surface area (Å²) in [7, 11) is 0. The fourth-order valence-electron chi connectivity index (χ4n) is 2.07. The van der Waals surface area contributed by atoms with Crippen molar-refractivity contribution in [1.82, 2.24) is 0 Å². The maximum absolute atomic E-state index is 12.8. The smallest absolute Gasteiger partial charge is 0.326 e. The van der Waals surface area contributed by atoms with Gasteiger partial charge in [0.15, 0.2) is 0 Å². The minimum Gasteiger partial charge on any atom is -0.386 e. The van der Waals surface area contributed by atoms with Crippen LogP contribution in [0.5, 0.6) is 0 Å². The molecule has 1 aliphatic carbocycles. The highest BCUT2D eigenvalue weighted by atomic mass is 79.9. The zero-order valence-corrected chi connectivity index (χ0v) is 9.77. The van der Waals surface area contributed by atoms with Gasteiger partial charge >= 0.3 is 4.83 Å². The van der Waals surface area contributed by atoms with E-state index < -0.39 is 10.9 Å². The van der Waals surface area contributed by atoms with Gasteiger partial charge in [-0.15, -0.1) is 0 Å². The zero-order valence-electron chi connectivity index (χ0n) is 8.19. The van der Waals surface area contributed by atoms with Crippen LogP contribution < -0.4 is 0 Å². The summed E-state index contributed by atoms with van der Waals surface area (Å²) >= 11 is 2.24. The first-order chi connectivity index (χ1) is 6.52. The fraction of sp³-hybridized carbons (Fsp3) is 1.00. The zero-order chi connectivity index (χ0) is 10.6. The van der Waals surface area contributed by atoms with Crippen LogP contribution >= 0.6 is 15.9 Å². The molecule has 1 unspecified atom stereocenters. The largest absolute Gasteiger partial charge is 0.386 e. The highest BCUT2D eigenvalue weighted by Gasteiger charge is 2.39. The molecule has 0 spiro atoms. The number of hydrogen-bond acceptors (Lipinski definition) is 1. The Morgan fingerprint density at radius 3 is 1.93 bits per heavy atom. The molecule has 0 radical (unpaired) electrons. The first-order valence-electron chi connectivity index (χ1n) is 5.26. The van der Waals surface area contributed by atoms with E-state index in [1.54, 1.807) is 0 Å². The molecule has 1 fully saturated rings. The summed E-state index contributed by atoms with van der Waals surface area (Å²) in [6, 6.07) is 0. The van der Waals surface area contributed by atoms with E-state index in [4.69, 9.17) is 0 Å². The number of hydrogen-bond donors (Lipinski definition) is 1. The maximum Gasteiger partial charge on any atom is 0.326 e. The van der Waals surface area contributed by atoms with Crippen LogP contribution in [0, 0.1) is 5.92 Å². The van der Waals surface area contributed by atoms with Crippen LogP contribution in [0.2, 0.25) is 0 Å². The first-order valence-corrected chi connectivity index (χ1v) is 6.06. The van der Waals surface area contributed by atoms with Gasteiger partial charge in [-0.2, -0.15) is 8.78 Å². The van der Waals surface area contributed by atoms with E-state index in [0.29, 0.717) is 0 Å². The predicted molar refractivity (Wildman–Crippen MR) is 55.7 cm³/mol. The minimum absolute atomic E-state index is 0.246. The van der Waals surface area contributed by atoms with E-state index in [1.807, 2.05) is 0 Å². The molecule has 0 bridgehead atoms. The molecule has 0 aromatic heterocycles. The van der Waals surface area contributed by atoms with Crippen LogP contribution in [0.1, 0.15) is 44.9 Å². The van der Waals surface area contributed by atoms with Gasteiger partial charge in [0.05, 0.1) is 0 Å². The average Bonchev–Trinajstić information content (AvgIpc) is 2.00. The van der Waals surface area contributed by atoms with E-state index in [2.05, 4.69) is 15.9 Å². The molecule has 0 aromatic rings. The number of rotatable bonds is 2. The second-order valence-corrected chi connectivity index (χ2v) is 5.15. The number of halogens is 3. The Kier molecular flexibility index (Phi) is 4.77. The summed E-state index contributed by atoms with van der Waals surface area (Å²) in [6.07, 6.45) is 5.27. The Morgan fingerprint density at radius 1 is 1.07 bits per heavy atom. The number of alkyl halides is 3. The number of aliphatic hydroxyl groups excluding tert-OH is 1. The maximum atomic E-state index is 12.8. The Bertz CT molecular complexity index is 162. The summed E-state index contributed by atoms with van der Waals surface area (Å²) in [5.74, 6) is -0.246. The normalized spacial score (nSPS) is 24.0. The molecule has 1 nitrogen and oxygen atoms in total. The van der Waals surface area contributed by atoms with Crippen molar-refractivity contribution in [3.05, 3.63) is 0 Å².